The minimum absolute atomic E-state index is 0.00530. The number of nitrogens with zero attached hydrogens (tertiary/aromatic N) is 1. The second kappa shape index (κ2) is 23.7. The molecule has 0 aromatic rings. The van der Waals surface area contributed by atoms with Crippen molar-refractivity contribution in [2.24, 2.45) is 0 Å². The van der Waals surface area contributed by atoms with Gasteiger partial charge in [0, 0.05) is 6.54 Å². The molecular weight excluding hydrogens is 489 g/mol. The van der Waals surface area contributed by atoms with E-state index in [4.69, 9.17) is 56.7 Å². The predicted molar refractivity (Wildman–Crippen MR) is 122 cm³/mol. The normalized spacial score (nSPS) is 12.2. The van der Waals surface area contributed by atoms with Crippen molar-refractivity contribution in [2.45, 2.75) is 6.42 Å². The fraction of sp³-hybridized carbons (Fsp3) is 0.789. The molecule has 1 N–H and O–H groups in total. The number of ether oxygens (including phenoxy) is 6. The summed E-state index contributed by atoms with van der Waals surface area (Å²) in [6.45, 7) is 5.73. The third-order valence-corrected chi connectivity index (χ3v) is 5.17. The number of aliphatic carboxylic acids is 1. The maximum atomic E-state index is 10.5. The lowest BCUT2D eigenvalue weighted by Gasteiger charge is -2.15. The molecule has 0 saturated carbocycles. The summed E-state index contributed by atoms with van der Waals surface area (Å²) in [4.78, 5) is 20.8. The molecule has 0 spiro atoms. The molecule has 0 heterocycles. The average Bonchev–Trinajstić information content (AvgIpc) is 2.76. The number of carboxylic acids is 1. The van der Waals surface area contributed by atoms with E-state index in [1.54, 1.807) is 0 Å². The SMILES string of the molecule is CN(CCOCCOCCOCCOCCOCCOCCC(=O)O)S/C(Cl)=C(/Cl)C=O. The molecule has 0 atom stereocenters. The van der Waals surface area contributed by atoms with Crippen LogP contribution in [0.3, 0.4) is 0 Å². The first-order valence-corrected chi connectivity index (χ1v) is 11.6. The van der Waals surface area contributed by atoms with Crippen molar-refractivity contribution in [2.75, 3.05) is 92.9 Å². The Morgan fingerprint density at radius 2 is 1.16 bits per heavy atom. The van der Waals surface area contributed by atoms with Crippen molar-refractivity contribution in [3.05, 3.63) is 9.40 Å². The number of allylic oxidation sites excluding steroid dienone is 1. The van der Waals surface area contributed by atoms with Crippen LogP contribution >= 0.6 is 35.1 Å². The van der Waals surface area contributed by atoms with Gasteiger partial charge in [0.05, 0.1) is 85.7 Å². The molecule has 0 radical (unpaired) electrons. The van der Waals surface area contributed by atoms with Gasteiger partial charge in [0.2, 0.25) is 0 Å². The molecule has 0 aromatic carbocycles. The van der Waals surface area contributed by atoms with Crippen LogP contribution in [0, 0.1) is 0 Å². The van der Waals surface area contributed by atoms with Gasteiger partial charge in [-0.15, -0.1) is 0 Å². The van der Waals surface area contributed by atoms with E-state index in [-0.39, 0.29) is 22.4 Å². The smallest absolute Gasteiger partial charge is 0.305 e. The van der Waals surface area contributed by atoms with Crippen molar-refractivity contribution in [3.8, 4) is 0 Å². The molecule has 13 heteroatoms. The van der Waals surface area contributed by atoms with Gasteiger partial charge < -0.3 is 33.5 Å². The molecular formula is C19H33Cl2NO9S. The first-order valence-electron chi connectivity index (χ1n) is 10.0. The molecule has 0 aliphatic rings. The van der Waals surface area contributed by atoms with E-state index in [0.717, 1.165) is 0 Å². The van der Waals surface area contributed by atoms with E-state index < -0.39 is 5.97 Å². The minimum atomic E-state index is -0.878. The summed E-state index contributed by atoms with van der Waals surface area (Å²) in [6.07, 6.45) is 0.494. The van der Waals surface area contributed by atoms with Crippen LogP contribution in [0.4, 0.5) is 0 Å². The van der Waals surface area contributed by atoms with E-state index in [9.17, 15) is 9.59 Å². The Morgan fingerprint density at radius 1 is 0.781 bits per heavy atom. The van der Waals surface area contributed by atoms with E-state index in [1.165, 1.54) is 11.9 Å². The van der Waals surface area contributed by atoms with Crippen LogP contribution in [0.15, 0.2) is 9.40 Å². The molecule has 0 fully saturated rings. The zero-order chi connectivity index (χ0) is 23.9. The Kier molecular flexibility index (Phi) is 23.3. The second-order valence-corrected chi connectivity index (χ2v) is 8.22. The number of hydrogen-bond acceptors (Lipinski definition) is 10. The summed E-state index contributed by atoms with van der Waals surface area (Å²) >= 11 is 12.7. The molecule has 0 saturated heterocycles. The van der Waals surface area contributed by atoms with Crippen LogP contribution in [0.25, 0.3) is 0 Å². The molecule has 0 aliphatic heterocycles. The third-order valence-electron chi connectivity index (χ3n) is 3.40. The summed E-state index contributed by atoms with van der Waals surface area (Å²) in [5.41, 5.74) is 0. The Bertz CT molecular complexity index is 515. The summed E-state index contributed by atoms with van der Waals surface area (Å²) in [7, 11) is 1.82. The molecule has 10 nitrogen and oxygen atoms in total. The maximum Gasteiger partial charge on any atom is 0.305 e. The lowest BCUT2D eigenvalue weighted by atomic mass is 10.5. The molecule has 0 unspecified atom stereocenters. The standard InChI is InChI=1S/C19H33Cl2NO9S/c1-22(32-19(21)17(20)16-23)3-5-27-7-9-29-11-13-31-15-14-30-12-10-28-8-6-26-4-2-18(24)25/h16H,2-15H2,1H3,(H,24,25)/b19-17+. The molecule has 0 aliphatic carbocycles. The van der Waals surface area contributed by atoms with Crippen LogP contribution in [-0.4, -0.2) is 115 Å². The monoisotopic (exact) mass is 521 g/mol. The summed E-state index contributed by atoms with van der Waals surface area (Å²) in [6, 6.07) is 0. The van der Waals surface area contributed by atoms with Gasteiger partial charge in [-0.05, 0) is 19.0 Å². The quantitative estimate of drug-likeness (QED) is 0.0869. The van der Waals surface area contributed by atoms with Crippen LogP contribution < -0.4 is 0 Å². The van der Waals surface area contributed by atoms with Crippen molar-refractivity contribution >= 4 is 47.4 Å². The van der Waals surface area contributed by atoms with Crippen molar-refractivity contribution in [1.82, 2.24) is 4.31 Å². The highest BCUT2D eigenvalue weighted by atomic mass is 35.5. The highest BCUT2D eigenvalue weighted by Gasteiger charge is 2.06. The fourth-order valence-corrected chi connectivity index (χ4v) is 2.90. The van der Waals surface area contributed by atoms with Gasteiger partial charge >= 0.3 is 5.97 Å². The number of carbonyl (C=O) groups excluding carboxylic acids is 1. The molecule has 0 amide bonds. The van der Waals surface area contributed by atoms with E-state index in [1.807, 2.05) is 11.4 Å². The Balaban J connectivity index is 3.22. The molecule has 0 rings (SSSR count). The first kappa shape index (κ1) is 31.5. The number of rotatable bonds is 24. The van der Waals surface area contributed by atoms with Gasteiger partial charge in [-0.25, -0.2) is 4.31 Å². The number of hydrogen-bond donors (Lipinski definition) is 1. The highest BCUT2D eigenvalue weighted by Crippen LogP contribution is 2.27. The van der Waals surface area contributed by atoms with Gasteiger partial charge in [0.25, 0.3) is 0 Å². The highest BCUT2D eigenvalue weighted by molar-refractivity contribution is 8.02. The zero-order valence-electron chi connectivity index (χ0n) is 18.3. The average molecular weight is 522 g/mol. The van der Waals surface area contributed by atoms with Gasteiger partial charge in [-0.2, -0.15) is 0 Å². The van der Waals surface area contributed by atoms with Crippen molar-refractivity contribution < 1.29 is 43.1 Å². The fourth-order valence-electron chi connectivity index (χ4n) is 1.83. The Hall–Kier alpha value is -0.470. The summed E-state index contributed by atoms with van der Waals surface area (Å²) in [5.74, 6) is -0.878. The summed E-state index contributed by atoms with van der Waals surface area (Å²) < 4.78 is 34.0. The van der Waals surface area contributed by atoms with Gasteiger partial charge in [-0.1, -0.05) is 23.2 Å². The summed E-state index contributed by atoms with van der Waals surface area (Å²) in [5, 5.41) is 8.43. The first-order chi connectivity index (χ1) is 15.5. The number of aldehydes is 1. The van der Waals surface area contributed by atoms with Crippen LogP contribution in [0.5, 0.6) is 0 Å². The van der Waals surface area contributed by atoms with Crippen molar-refractivity contribution in [3.63, 3.8) is 0 Å². The lowest BCUT2D eigenvalue weighted by Crippen LogP contribution is -2.18. The second-order valence-electron chi connectivity index (χ2n) is 6.00. The van der Waals surface area contributed by atoms with E-state index >= 15 is 0 Å². The van der Waals surface area contributed by atoms with Crippen LogP contribution in [0.2, 0.25) is 0 Å². The predicted octanol–water partition coefficient (Wildman–Crippen LogP) is 1.99. The van der Waals surface area contributed by atoms with Crippen LogP contribution in [0.1, 0.15) is 6.42 Å². The van der Waals surface area contributed by atoms with Gasteiger partial charge in [0.15, 0.2) is 6.29 Å². The minimum Gasteiger partial charge on any atom is -0.481 e. The molecule has 188 valence electrons. The Labute approximate surface area is 203 Å². The molecule has 0 aromatic heterocycles. The molecule has 32 heavy (non-hydrogen) atoms. The Morgan fingerprint density at radius 3 is 1.53 bits per heavy atom. The van der Waals surface area contributed by atoms with Gasteiger partial charge in [0.1, 0.15) is 9.40 Å². The maximum absolute atomic E-state index is 10.5. The number of carboxylic acid groups (broad SMARTS) is 1. The largest absolute Gasteiger partial charge is 0.481 e. The lowest BCUT2D eigenvalue weighted by molar-refractivity contribution is -0.138. The zero-order valence-corrected chi connectivity index (χ0v) is 20.6. The van der Waals surface area contributed by atoms with E-state index in [2.05, 4.69) is 0 Å². The topological polar surface area (TPSA) is 113 Å². The van der Waals surface area contributed by atoms with E-state index in [0.29, 0.717) is 85.5 Å². The third kappa shape index (κ3) is 22.7. The van der Waals surface area contributed by atoms with Crippen LogP contribution in [-0.2, 0) is 38.0 Å². The van der Waals surface area contributed by atoms with Crippen molar-refractivity contribution in [1.29, 1.82) is 0 Å². The number of likely N-dealkylation sites (N-methyl/N-ethyl adjacent to an activating group) is 1. The van der Waals surface area contributed by atoms with Gasteiger partial charge in [-0.3, -0.25) is 9.59 Å². The molecule has 0 bridgehead atoms. The number of carbonyl (C=O) groups is 2. The number of halogens is 2.